The van der Waals surface area contributed by atoms with Crippen LogP contribution in [0.15, 0.2) is 0 Å². The van der Waals surface area contributed by atoms with Crippen molar-refractivity contribution in [3.05, 3.63) is 0 Å². The third-order valence-corrected chi connectivity index (χ3v) is 0. The van der Waals surface area contributed by atoms with Gasteiger partial charge >= 0.3 is 30.5 Å². The van der Waals surface area contributed by atoms with Gasteiger partial charge in [0.1, 0.15) is 0 Å². The molecule has 0 bridgehead atoms. The fourth-order valence-corrected chi connectivity index (χ4v) is 0. The molecule has 3 N–H and O–H groups in total. The van der Waals surface area contributed by atoms with E-state index in [2.05, 4.69) is 0 Å². The molecule has 0 aliphatic rings. The molecule has 0 fully saturated rings. The maximum absolute atomic E-state index is 8.94. The van der Waals surface area contributed by atoms with Crippen LogP contribution in [0.1, 0.15) is 0 Å². The van der Waals surface area contributed by atoms with Gasteiger partial charge in [-0.2, -0.15) is 0 Å². The van der Waals surface area contributed by atoms with E-state index in [1.807, 2.05) is 0 Å². The van der Waals surface area contributed by atoms with Gasteiger partial charge in [-0.25, -0.2) is 0 Å². The molecule has 0 atom stereocenters. The summed E-state index contributed by atoms with van der Waals surface area (Å²) >= 11 is -5.12. The summed E-state index contributed by atoms with van der Waals surface area (Å²) in [7, 11) is 0. The van der Waals surface area contributed by atoms with Gasteiger partial charge in [0, 0.05) is 0 Å². The van der Waals surface area contributed by atoms with E-state index in [9.17, 15) is 0 Å². The first kappa shape index (κ1) is 9.73. The first-order chi connectivity index (χ1) is 2.00. The van der Waals surface area contributed by atoms with Gasteiger partial charge in [0.2, 0.25) is 0 Å². The Balaban J connectivity index is 0. The zero-order valence-corrected chi connectivity index (χ0v) is 5.30. The van der Waals surface area contributed by atoms with Gasteiger partial charge in [0.15, 0.2) is 0 Å². The van der Waals surface area contributed by atoms with Gasteiger partial charge in [-0.05, 0) is 0 Å². The molecule has 6 heteroatoms. The topological polar surface area (TPSA) is 77.8 Å². The Kier molecular flexibility index (Phi) is 4.31. The van der Waals surface area contributed by atoms with Gasteiger partial charge < -0.3 is 0 Å². The Labute approximate surface area is 43.6 Å². The second-order valence-electron chi connectivity index (χ2n) is 0.513. The van der Waals surface area contributed by atoms with E-state index in [4.69, 9.17) is 16.0 Å². The summed E-state index contributed by atoms with van der Waals surface area (Å²) in [5.41, 5.74) is 0. The molecule has 0 heterocycles. The van der Waals surface area contributed by atoms with Crippen LogP contribution in [0.5, 0.6) is 0 Å². The van der Waals surface area contributed by atoms with Crippen LogP contribution in [-0.2, 0) is 3.74 Å². The van der Waals surface area contributed by atoms with Crippen molar-refractivity contribution >= 4 is 26.9 Å². The van der Waals surface area contributed by atoms with Crippen molar-refractivity contribution < 1.29 is 16.0 Å². The number of halogens is 1. The van der Waals surface area contributed by atoms with Crippen LogP contribution >= 0.6 is 12.4 Å². The van der Waals surface area contributed by atoms with Crippen LogP contribution in [0.3, 0.4) is 0 Å². The molecule has 0 aliphatic carbocycles. The molecule has 0 saturated carbocycles. The molecule has 4 nitrogen and oxygen atoms in total. The maximum atomic E-state index is 8.94. The van der Waals surface area contributed by atoms with Crippen molar-refractivity contribution in [3.63, 3.8) is 0 Å². The first-order valence-electron chi connectivity index (χ1n) is 0.783. The molecule has 0 unspecified atom stereocenters. The van der Waals surface area contributed by atoms with Crippen molar-refractivity contribution in [2.24, 2.45) is 0 Å². The first-order valence-corrected chi connectivity index (χ1v) is 4.07. The summed E-state index contributed by atoms with van der Waals surface area (Å²) in [5.74, 6) is 0. The molecule has 0 aromatic carbocycles. The minimum atomic E-state index is -5.12. The Hall–Kier alpha value is 0.528. The summed E-state index contributed by atoms with van der Waals surface area (Å²) in [5, 5.41) is 0. The Morgan fingerprint density at radius 1 is 1.17 bits per heavy atom. The predicted molar refractivity (Wildman–Crippen MR) is 20.3 cm³/mol. The van der Waals surface area contributed by atoms with Gasteiger partial charge in [-0.15, -0.1) is 12.4 Å². The SMILES string of the molecule is Cl.O=[As](O)(O)O. The van der Waals surface area contributed by atoms with Gasteiger partial charge in [0.25, 0.3) is 0 Å². The summed E-state index contributed by atoms with van der Waals surface area (Å²) in [4.78, 5) is 0. The van der Waals surface area contributed by atoms with Crippen LogP contribution in [0.2, 0.25) is 0 Å². The third-order valence-electron chi connectivity index (χ3n) is 0. The fourth-order valence-electron chi connectivity index (χ4n) is 0. The van der Waals surface area contributed by atoms with E-state index in [1.54, 1.807) is 0 Å². The Bertz CT molecular complexity index is 53.7. The van der Waals surface area contributed by atoms with Crippen molar-refractivity contribution in [1.82, 2.24) is 0 Å². The molecule has 0 saturated heterocycles. The molecule has 6 heavy (non-hydrogen) atoms. The van der Waals surface area contributed by atoms with Crippen molar-refractivity contribution in [3.8, 4) is 0 Å². The van der Waals surface area contributed by atoms with E-state index in [-0.39, 0.29) is 12.4 Å². The summed E-state index contributed by atoms with van der Waals surface area (Å²) < 4.78 is 30.7. The summed E-state index contributed by atoms with van der Waals surface area (Å²) in [6.07, 6.45) is 0. The molecule has 0 rings (SSSR count). The van der Waals surface area contributed by atoms with E-state index in [0.717, 1.165) is 0 Å². The molecular weight excluding hydrogens is 174 g/mol. The standard InChI is InChI=1S/AsH3O4.ClH/c2-1(3,4)5;/h(H3,2,3,4,5);1H. The molecular formula is H4AsClO4. The van der Waals surface area contributed by atoms with Crippen molar-refractivity contribution in [2.75, 3.05) is 0 Å². The predicted octanol–water partition coefficient (Wildman–Crippen LogP) is -1.75. The average Bonchev–Trinajstić information content (AvgIpc) is 0.722. The Morgan fingerprint density at radius 3 is 1.17 bits per heavy atom. The molecule has 0 aromatic heterocycles. The molecule has 0 radical (unpaired) electrons. The zero-order valence-electron chi connectivity index (χ0n) is 2.61. The van der Waals surface area contributed by atoms with E-state index >= 15 is 0 Å². The minimum absolute atomic E-state index is 0. The molecule has 40 valence electrons. The number of rotatable bonds is 0. The van der Waals surface area contributed by atoms with Crippen molar-refractivity contribution in [1.29, 1.82) is 0 Å². The third kappa shape index (κ3) is 202. The monoisotopic (exact) mass is 178 g/mol. The van der Waals surface area contributed by atoms with Crippen LogP contribution in [-0.4, -0.2) is 26.8 Å². The normalized spacial score (nSPS) is 9.83. The summed E-state index contributed by atoms with van der Waals surface area (Å²) in [6.45, 7) is 0. The average molecular weight is 178 g/mol. The molecule has 0 spiro atoms. The molecule has 0 amide bonds. The van der Waals surface area contributed by atoms with Gasteiger partial charge in [-0.1, -0.05) is 0 Å². The quantitative estimate of drug-likeness (QED) is 0.385. The van der Waals surface area contributed by atoms with E-state index < -0.39 is 14.5 Å². The fraction of sp³-hybridized carbons (Fsp3) is 0. The molecule has 0 aromatic rings. The Morgan fingerprint density at radius 2 is 1.17 bits per heavy atom. The van der Waals surface area contributed by atoms with Crippen molar-refractivity contribution in [2.45, 2.75) is 0 Å². The van der Waals surface area contributed by atoms with E-state index in [0.29, 0.717) is 0 Å². The van der Waals surface area contributed by atoms with E-state index in [1.165, 1.54) is 0 Å². The van der Waals surface area contributed by atoms with Crippen LogP contribution in [0.25, 0.3) is 0 Å². The summed E-state index contributed by atoms with van der Waals surface area (Å²) in [6, 6.07) is 0. The number of hydrogen-bond donors (Lipinski definition) is 3. The number of hydrogen-bond acceptors (Lipinski definition) is 1. The van der Waals surface area contributed by atoms with Gasteiger partial charge in [-0.3, -0.25) is 0 Å². The van der Waals surface area contributed by atoms with Crippen LogP contribution in [0, 0.1) is 0 Å². The second kappa shape index (κ2) is 2.66. The second-order valence-corrected chi connectivity index (χ2v) is 2.67. The van der Waals surface area contributed by atoms with Crippen LogP contribution in [0.4, 0.5) is 0 Å². The molecule has 0 aliphatic heterocycles. The van der Waals surface area contributed by atoms with Gasteiger partial charge in [0.05, 0.1) is 0 Å². The zero-order chi connectivity index (χ0) is 4.50. The van der Waals surface area contributed by atoms with Crippen LogP contribution < -0.4 is 0 Å².